The summed E-state index contributed by atoms with van der Waals surface area (Å²) in [6, 6.07) is 0. The molecule has 3 fully saturated rings. The van der Waals surface area contributed by atoms with Crippen LogP contribution in [0.5, 0.6) is 0 Å². The van der Waals surface area contributed by atoms with Gasteiger partial charge in [0.2, 0.25) is 0 Å². The first-order chi connectivity index (χ1) is 20.4. The summed E-state index contributed by atoms with van der Waals surface area (Å²) in [5.41, 5.74) is 0. The number of hydrogen-bond donors (Lipinski definition) is 9. The Labute approximate surface area is 251 Å². The number of aliphatic hydroxyl groups excluding tert-OH is 7. The van der Waals surface area contributed by atoms with Gasteiger partial charge < -0.3 is 64.2 Å². The maximum absolute atomic E-state index is 11.4. The lowest BCUT2D eigenvalue weighted by atomic mass is 9.96. The Hall–Kier alpha value is -0.780. The average molecular weight is 691 g/mol. The van der Waals surface area contributed by atoms with Crippen molar-refractivity contribution in [2.24, 2.45) is 0 Å². The Balaban J connectivity index is 1.96. The van der Waals surface area contributed by atoms with Gasteiger partial charge in [0.25, 0.3) is 0 Å². The van der Waals surface area contributed by atoms with Gasteiger partial charge in [-0.05, 0) is 13.3 Å². The van der Waals surface area contributed by atoms with Crippen LogP contribution in [0.3, 0.4) is 0 Å². The first kappa shape index (κ1) is 37.7. The molecule has 0 unspecified atom stereocenters. The van der Waals surface area contributed by atoms with Crippen molar-refractivity contribution in [3.63, 3.8) is 0 Å². The lowest BCUT2D eigenvalue weighted by molar-refractivity contribution is -0.384. The zero-order valence-electron chi connectivity index (χ0n) is 23.2. The van der Waals surface area contributed by atoms with E-state index < -0.39 is 126 Å². The van der Waals surface area contributed by atoms with E-state index in [-0.39, 0.29) is 6.61 Å². The van der Waals surface area contributed by atoms with Crippen LogP contribution in [0, 0.1) is 0 Å². The molecule has 3 saturated heterocycles. The highest BCUT2D eigenvalue weighted by atomic mass is 32.3. The molecule has 44 heavy (non-hydrogen) atoms. The summed E-state index contributed by atoms with van der Waals surface area (Å²) in [5.74, 6) is 0. The van der Waals surface area contributed by atoms with Crippen LogP contribution in [-0.2, 0) is 57.6 Å². The number of rotatable bonds is 13. The maximum Gasteiger partial charge on any atom is 0.397 e. The van der Waals surface area contributed by atoms with Crippen molar-refractivity contribution in [3.05, 3.63) is 0 Å². The third kappa shape index (κ3) is 9.40. The van der Waals surface area contributed by atoms with Crippen LogP contribution in [-0.4, -0.2) is 174 Å². The van der Waals surface area contributed by atoms with E-state index in [0.717, 1.165) is 0 Å². The zero-order chi connectivity index (χ0) is 33.1. The first-order valence-electron chi connectivity index (χ1n) is 13.2. The normalized spacial score (nSPS) is 44.0. The fourth-order valence-electron chi connectivity index (χ4n) is 4.73. The molecule has 0 aromatic heterocycles. The lowest BCUT2D eigenvalue weighted by Gasteiger charge is -2.49. The van der Waals surface area contributed by atoms with E-state index >= 15 is 0 Å². The van der Waals surface area contributed by atoms with Crippen LogP contribution >= 0.6 is 0 Å². The molecule has 0 aliphatic carbocycles. The van der Waals surface area contributed by atoms with E-state index in [9.17, 15) is 52.6 Å². The van der Waals surface area contributed by atoms with Gasteiger partial charge in [-0.25, -0.2) is 8.37 Å². The SMILES string of the molecule is CCCO[C@@H]1O[C@H](CO)[C@@H](O[C@@H]2O[C@H](COS(=O)(=O)O)[C@H](O)[C@H](OS(=O)(=O)O)[C@H]2O)[C@H](O[C@@H]2O[C@@H](C)[C@@H](O)[C@@H](O)[C@@H]2O)[C@H]1O. The highest BCUT2D eigenvalue weighted by molar-refractivity contribution is 7.81. The van der Waals surface area contributed by atoms with Crippen LogP contribution in [0.4, 0.5) is 0 Å². The second-order valence-corrected chi connectivity index (χ2v) is 12.3. The van der Waals surface area contributed by atoms with E-state index in [1.54, 1.807) is 6.92 Å². The summed E-state index contributed by atoms with van der Waals surface area (Å²) >= 11 is 0. The summed E-state index contributed by atoms with van der Waals surface area (Å²) in [4.78, 5) is 0. The summed E-state index contributed by atoms with van der Waals surface area (Å²) in [5, 5.41) is 73.2. The fourth-order valence-corrected chi connectivity index (χ4v) is 5.54. The van der Waals surface area contributed by atoms with Crippen LogP contribution in [0.2, 0.25) is 0 Å². The minimum Gasteiger partial charge on any atom is -0.394 e. The predicted molar refractivity (Wildman–Crippen MR) is 135 cm³/mol. The predicted octanol–water partition coefficient (Wildman–Crippen LogP) is -5.46. The van der Waals surface area contributed by atoms with Crippen molar-refractivity contribution < 1.29 is 98.5 Å². The van der Waals surface area contributed by atoms with Crippen molar-refractivity contribution >= 4 is 20.8 Å². The molecule has 23 heteroatoms. The molecule has 3 heterocycles. The minimum atomic E-state index is -5.38. The second-order valence-electron chi connectivity index (χ2n) is 10.2. The molecule has 9 N–H and O–H groups in total. The number of aliphatic hydroxyl groups is 7. The molecular weight excluding hydrogens is 652 g/mol. The molecule has 3 aliphatic heterocycles. The van der Waals surface area contributed by atoms with E-state index in [4.69, 9.17) is 37.5 Å². The molecule has 0 aromatic carbocycles. The molecule has 0 amide bonds. The van der Waals surface area contributed by atoms with Gasteiger partial charge in [0.15, 0.2) is 18.9 Å². The molecule has 15 atom stereocenters. The summed E-state index contributed by atoms with van der Waals surface area (Å²) in [6.07, 6.45) is -26.8. The Morgan fingerprint density at radius 3 is 1.80 bits per heavy atom. The molecule has 0 aromatic rings. The molecule has 3 rings (SSSR count). The second kappa shape index (κ2) is 15.4. The molecule has 3 aliphatic rings. The van der Waals surface area contributed by atoms with E-state index in [0.29, 0.717) is 6.42 Å². The van der Waals surface area contributed by atoms with Crippen molar-refractivity contribution in [3.8, 4) is 0 Å². The first-order valence-corrected chi connectivity index (χ1v) is 16.0. The van der Waals surface area contributed by atoms with Crippen molar-refractivity contribution in [2.45, 2.75) is 112 Å². The van der Waals surface area contributed by atoms with E-state index in [1.807, 2.05) is 0 Å². The quantitative estimate of drug-likeness (QED) is 0.0814. The Morgan fingerprint density at radius 2 is 1.23 bits per heavy atom. The smallest absolute Gasteiger partial charge is 0.394 e. The Kier molecular flexibility index (Phi) is 13.2. The van der Waals surface area contributed by atoms with Crippen LogP contribution < -0.4 is 0 Å². The number of ether oxygens (including phenoxy) is 6. The van der Waals surface area contributed by atoms with Gasteiger partial charge >= 0.3 is 20.8 Å². The van der Waals surface area contributed by atoms with Gasteiger partial charge in [-0.2, -0.15) is 16.8 Å². The van der Waals surface area contributed by atoms with Gasteiger partial charge in [-0.1, -0.05) is 6.92 Å². The molecule has 260 valence electrons. The number of hydrogen-bond acceptors (Lipinski definition) is 19. The van der Waals surface area contributed by atoms with Crippen LogP contribution in [0.1, 0.15) is 20.3 Å². The molecule has 0 radical (unpaired) electrons. The topological polar surface area (TPSA) is 324 Å². The van der Waals surface area contributed by atoms with E-state index in [2.05, 4.69) is 8.37 Å². The zero-order valence-corrected chi connectivity index (χ0v) is 24.9. The molecule has 21 nitrogen and oxygen atoms in total. The summed E-state index contributed by atoms with van der Waals surface area (Å²) < 4.78 is 105. The monoisotopic (exact) mass is 690 g/mol. The minimum absolute atomic E-state index is 0.0506. The van der Waals surface area contributed by atoms with Gasteiger partial charge in [0.1, 0.15) is 67.1 Å². The van der Waals surface area contributed by atoms with Gasteiger partial charge in [0.05, 0.1) is 19.3 Å². The molecule has 0 bridgehead atoms. The highest BCUT2D eigenvalue weighted by Crippen LogP contribution is 2.34. The maximum atomic E-state index is 11.4. The van der Waals surface area contributed by atoms with Crippen LogP contribution in [0.25, 0.3) is 0 Å². The van der Waals surface area contributed by atoms with Gasteiger partial charge in [0, 0.05) is 6.61 Å². The molecule has 0 spiro atoms. The van der Waals surface area contributed by atoms with Crippen molar-refractivity contribution in [2.75, 3.05) is 19.8 Å². The Bertz CT molecular complexity index is 1120. The Morgan fingerprint density at radius 1 is 0.659 bits per heavy atom. The van der Waals surface area contributed by atoms with E-state index in [1.165, 1.54) is 6.92 Å². The largest absolute Gasteiger partial charge is 0.397 e. The third-order valence-corrected chi connectivity index (χ3v) is 7.83. The van der Waals surface area contributed by atoms with Gasteiger partial charge in [-0.3, -0.25) is 9.11 Å². The van der Waals surface area contributed by atoms with Crippen molar-refractivity contribution in [1.82, 2.24) is 0 Å². The average Bonchev–Trinajstić information content (AvgIpc) is 2.93. The summed E-state index contributed by atoms with van der Waals surface area (Å²) in [7, 11) is -10.5. The lowest BCUT2D eigenvalue weighted by Crippen LogP contribution is -2.67. The third-order valence-electron chi connectivity index (χ3n) is 6.93. The fraction of sp³-hybridized carbons (Fsp3) is 1.00. The van der Waals surface area contributed by atoms with Gasteiger partial charge in [-0.15, -0.1) is 0 Å². The highest BCUT2D eigenvalue weighted by Gasteiger charge is 2.55. The molecule has 0 saturated carbocycles. The molecular formula is C21H38O21S2. The van der Waals surface area contributed by atoms with Crippen LogP contribution in [0.15, 0.2) is 0 Å². The van der Waals surface area contributed by atoms with Crippen molar-refractivity contribution in [1.29, 1.82) is 0 Å². The summed E-state index contributed by atoms with van der Waals surface area (Å²) in [6.45, 7) is 1.05. The standard InChI is InChI=1S/C21H38O21S2/c1-3-4-35-19-15(28)18(41-20-13(26)12(25)10(23)7(2)37-20)16(8(5-22)38-19)40-21-14(27)17(42-44(32,33)34)11(24)9(39-21)6-36-43(29,30)31/h7-28H,3-6H2,1-2H3,(H,29,30,31)(H,32,33,34)/t7-,8+,9+,10+,11-,12+,13-,14+,15+,16+,17-,18+,19+,20-,21-/m0/s1.